The van der Waals surface area contributed by atoms with Crippen molar-refractivity contribution in [1.82, 2.24) is 4.90 Å². The summed E-state index contributed by atoms with van der Waals surface area (Å²) in [6.45, 7) is 12.5. The van der Waals surface area contributed by atoms with Crippen LogP contribution in [0.1, 0.15) is 51.7 Å². The molecule has 202 valence electrons. The second-order valence-corrected chi connectivity index (χ2v) is 11.8. The van der Waals surface area contributed by atoms with Crippen LogP contribution >= 0.6 is 11.6 Å². The summed E-state index contributed by atoms with van der Waals surface area (Å²) in [7, 11) is 0. The normalized spacial score (nSPS) is 17.5. The lowest BCUT2D eigenvalue weighted by atomic mass is 10.0. The van der Waals surface area contributed by atoms with Crippen LogP contribution < -0.4 is 9.64 Å². The average molecular weight is 535 g/mol. The molecule has 5 nitrogen and oxygen atoms in total. The standard InChI is InChI=1S/C32H39ClN2O3/c1-23(2)25-12-9-13-29(18-25)37-30-22-35(31(36)38-32(3,4)5)21-26(30)20-34(19-24-10-7-6-8-11-24)28-16-14-27(33)15-17-28/h6-18,23,26,30H,19-22H2,1-5H3/t26-,30+/m1/s1. The zero-order chi connectivity index (χ0) is 27.3. The third-order valence-corrected chi connectivity index (χ3v) is 6.96. The minimum Gasteiger partial charge on any atom is -0.488 e. The first-order chi connectivity index (χ1) is 18.1. The molecule has 0 unspecified atom stereocenters. The molecule has 3 aromatic rings. The van der Waals surface area contributed by atoms with E-state index in [1.165, 1.54) is 11.1 Å². The maximum Gasteiger partial charge on any atom is 0.410 e. The third-order valence-electron chi connectivity index (χ3n) is 6.71. The van der Waals surface area contributed by atoms with Crippen molar-refractivity contribution in [3.63, 3.8) is 0 Å². The average Bonchev–Trinajstić information content (AvgIpc) is 3.26. The lowest BCUT2D eigenvalue weighted by Crippen LogP contribution is -2.37. The summed E-state index contributed by atoms with van der Waals surface area (Å²) in [4.78, 5) is 17.2. The van der Waals surface area contributed by atoms with Gasteiger partial charge < -0.3 is 19.3 Å². The smallest absolute Gasteiger partial charge is 0.410 e. The molecule has 3 aromatic carbocycles. The maximum absolute atomic E-state index is 13.1. The molecule has 0 aromatic heterocycles. The fourth-order valence-electron chi connectivity index (χ4n) is 4.75. The minimum atomic E-state index is -0.556. The molecular weight excluding hydrogens is 496 g/mol. The Labute approximate surface area is 232 Å². The summed E-state index contributed by atoms with van der Waals surface area (Å²) in [6.07, 6.45) is -0.471. The summed E-state index contributed by atoms with van der Waals surface area (Å²) >= 11 is 6.21. The van der Waals surface area contributed by atoms with Crippen molar-refractivity contribution in [2.45, 2.75) is 58.8 Å². The molecule has 38 heavy (non-hydrogen) atoms. The van der Waals surface area contributed by atoms with Crippen LogP contribution in [0.3, 0.4) is 0 Å². The Morgan fingerprint density at radius 1 is 1.00 bits per heavy atom. The number of hydrogen-bond donors (Lipinski definition) is 0. The van der Waals surface area contributed by atoms with Crippen LogP contribution in [-0.2, 0) is 11.3 Å². The number of anilines is 1. The number of rotatable bonds is 8. The summed E-state index contributed by atoms with van der Waals surface area (Å²) in [5, 5.41) is 0.705. The second kappa shape index (κ2) is 12.1. The Bertz CT molecular complexity index is 1190. The monoisotopic (exact) mass is 534 g/mol. The van der Waals surface area contributed by atoms with Gasteiger partial charge in [-0.25, -0.2) is 4.79 Å². The molecule has 1 aliphatic rings. The van der Waals surface area contributed by atoms with Crippen molar-refractivity contribution in [3.05, 3.63) is 95.0 Å². The van der Waals surface area contributed by atoms with Crippen molar-refractivity contribution < 1.29 is 14.3 Å². The fraction of sp³-hybridized carbons (Fsp3) is 0.406. The zero-order valence-electron chi connectivity index (χ0n) is 23.1. The Balaban J connectivity index is 1.60. The SMILES string of the molecule is CC(C)c1cccc(O[C@H]2CN(C(=O)OC(C)(C)C)C[C@H]2CN(Cc2ccccc2)c2ccc(Cl)cc2)c1. The van der Waals surface area contributed by atoms with E-state index in [0.29, 0.717) is 30.6 Å². The van der Waals surface area contributed by atoms with Gasteiger partial charge in [-0.15, -0.1) is 0 Å². The van der Waals surface area contributed by atoms with Gasteiger partial charge in [0.2, 0.25) is 0 Å². The van der Waals surface area contributed by atoms with E-state index in [9.17, 15) is 4.79 Å². The predicted molar refractivity (Wildman–Crippen MR) is 155 cm³/mol. The number of carbonyl (C=O) groups is 1. The van der Waals surface area contributed by atoms with Gasteiger partial charge in [-0.3, -0.25) is 0 Å². The van der Waals surface area contributed by atoms with E-state index in [4.69, 9.17) is 21.1 Å². The number of likely N-dealkylation sites (tertiary alicyclic amines) is 1. The topological polar surface area (TPSA) is 42.0 Å². The van der Waals surface area contributed by atoms with E-state index in [1.54, 1.807) is 4.90 Å². The highest BCUT2D eigenvalue weighted by atomic mass is 35.5. The summed E-state index contributed by atoms with van der Waals surface area (Å²) in [6, 6.07) is 26.6. The number of amides is 1. The Morgan fingerprint density at radius 3 is 2.37 bits per heavy atom. The summed E-state index contributed by atoms with van der Waals surface area (Å²) < 4.78 is 12.3. The molecule has 1 saturated heterocycles. The second-order valence-electron chi connectivity index (χ2n) is 11.4. The highest BCUT2D eigenvalue weighted by Crippen LogP contribution is 2.30. The highest BCUT2D eigenvalue weighted by molar-refractivity contribution is 6.30. The lowest BCUT2D eigenvalue weighted by molar-refractivity contribution is 0.0274. The Morgan fingerprint density at radius 2 is 1.71 bits per heavy atom. The molecule has 6 heteroatoms. The number of ether oxygens (including phenoxy) is 2. The number of carbonyl (C=O) groups excluding carboxylic acids is 1. The quantitative estimate of drug-likeness (QED) is 0.296. The fourth-order valence-corrected chi connectivity index (χ4v) is 4.87. The van der Waals surface area contributed by atoms with Crippen LogP contribution in [0.25, 0.3) is 0 Å². The zero-order valence-corrected chi connectivity index (χ0v) is 23.8. The van der Waals surface area contributed by atoms with Crippen LogP contribution in [0.15, 0.2) is 78.9 Å². The molecule has 0 spiro atoms. The molecule has 1 amide bonds. The van der Waals surface area contributed by atoms with Crippen molar-refractivity contribution in [2.24, 2.45) is 5.92 Å². The van der Waals surface area contributed by atoms with E-state index in [2.05, 4.69) is 55.1 Å². The van der Waals surface area contributed by atoms with Crippen molar-refractivity contribution in [3.8, 4) is 5.75 Å². The van der Waals surface area contributed by atoms with Crippen molar-refractivity contribution >= 4 is 23.4 Å². The maximum atomic E-state index is 13.1. The van der Waals surface area contributed by atoms with Gasteiger partial charge in [0.15, 0.2) is 0 Å². The molecule has 0 saturated carbocycles. The molecule has 1 heterocycles. The summed E-state index contributed by atoms with van der Waals surface area (Å²) in [5.41, 5.74) is 2.97. The van der Waals surface area contributed by atoms with Gasteiger partial charge in [-0.05, 0) is 74.2 Å². The van der Waals surface area contributed by atoms with Crippen LogP contribution in [0.5, 0.6) is 5.75 Å². The van der Waals surface area contributed by atoms with Crippen LogP contribution in [-0.4, -0.2) is 42.3 Å². The van der Waals surface area contributed by atoms with Crippen LogP contribution in [0.2, 0.25) is 5.02 Å². The molecule has 0 N–H and O–H groups in total. The first-order valence-corrected chi connectivity index (χ1v) is 13.7. The van der Waals surface area contributed by atoms with E-state index in [1.807, 2.05) is 63.2 Å². The van der Waals surface area contributed by atoms with Gasteiger partial charge in [0.05, 0.1) is 6.54 Å². The molecule has 4 rings (SSSR count). The van der Waals surface area contributed by atoms with Gasteiger partial charge in [0.25, 0.3) is 0 Å². The molecule has 1 aliphatic heterocycles. The number of benzene rings is 3. The molecule has 0 radical (unpaired) electrons. The van der Waals surface area contributed by atoms with E-state index >= 15 is 0 Å². The number of hydrogen-bond acceptors (Lipinski definition) is 4. The van der Waals surface area contributed by atoms with Gasteiger partial charge >= 0.3 is 6.09 Å². The molecule has 0 bridgehead atoms. The van der Waals surface area contributed by atoms with Gasteiger partial charge in [-0.1, -0.05) is 67.9 Å². The third kappa shape index (κ3) is 7.67. The van der Waals surface area contributed by atoms with Crippen LogP contribution in [0, 0.1) is 5.92 Å². The minimum absolute atomic E-state index is 0.0737. The molecule has 0 aliphatic carbocycles. The first-order valence-electron chi connectivity index (χ1n) is 13.4. The van der Waals surface area contributed by atoms with E-state index in [0.717, 1.165) is 18.0 Å². The first kappa shape index (κ1) is 27.8. The highest BCUT2D eigenvalue weighted by Gasteiger charge is 2.39. The van der Waals surface area contributed by atoms with Crippen molar-refractivity contribution in [1.29, 1.82) is 0 Å². The van der Waals surface area contributed by atoms with E-state index in [-0.39, 0.29) is 18.1 Å². The van der Waals surface area contributed by atoms with Gasteiger partial charge in [0.1, 0.15) is 17.5 Å². The molecule has 2 atom stereocenters. The van der Waals surface area contributed by atoms with Gasteiger partial charge in [-0.2, -0.15) is 0 Å². The predicted octanol–water partition coefficient (Wildman–Crippen LogP) is 7.78. The van der Waals surface area contributed by atoms with Crippen LogP contribution in [0.4, 0.5) is 10.5 Å². The molecular formula is C32H39ClN2O3. The summed E-state index contributed by atoms with van der Waals surface area (Å²) in [5.74, 6) is 1.31. The number of nitrogens with zero attached hydrogens (tertiary/aromatic N) is 2. The lowest BCUT2D eigenvalue weighted by Gasteiger charge is -2.30. The van der Waals surface area contributed by atoms with Crippen molar-refractivity contribution in [2.75, 3.05) is 24.5 Å². The largest absolute Gasteiger partial charge is 0.488 e. The Kier molecular flexibility index (Phi) is 8.88. The van der Waals surface area contributed by atoms with E-state index < -0.39 is 5.60 Å². The number of halogens is 1. The molecule has 1 fully saturated rings. The Hall–Kier alpha value is -3.18. The van der Waals surface area contributed by atoms with Gasteiger partial charge in [0, 0.05) is 36.3 Å².